The summed E-state index contributed by atoms with van der Waals surface area (Å²) < 4.78 is 12.1. The summed E-state index contributed by atoms with van der Waals surface area (Å²) in [5.41, 5.74) is 3.33. The third-order valence-electron chi connectivity index (χ3n) is 6.71. The van der Waals surface area contributed by atoms with Crippen LogP contribution in [0.3, 0.4) is 0 Å². The molecule has 1 saturated heterocycles. The highest BCUT2D eigenvalue weighted by molar-refractivity contribution is 5.60. The second kappa shape index (κ2) is 3.95. The van der Waals surface area contributed by atoms with E-state index in [0.717, 1.165) is 17.4 Å². The van der Waals surface area contributed by atoms with Crippen LogP contribution in [0.25, 0.3) is 0 Å². The molecule has 4 aliphatic rings. The summed E-state index contributed by atoms with van der Waals surface area (Å²) in [5.74, 6) is 2.79. The van der Waals surface area contributed by atoms with Gasteiger partial charge in [0, 0.05) is 17.0 Å². The van der Waals surface area contributed by atoms with E-state index in [4.69, 9.17) is 9.47 Å². The molecule has 1 aromatic rings. The minimum absolute atomic E-state index is 0.285. The summed E-state index contributed by atoms with van der Waals surface area (Å²) in [6.07, 6.45) is 6.72. The van der Waals surface area contributed by atoms with Crippen molar-refractivity contribution in [1.82, 2.24) is 4.90 Å². The summed E-state index contributed by atoms with van der Waals surface area (Å²) in [7, 11) is 4.07. The number of hydrogen-bond donors (Lipinski definition) is 0. The lowest BCUT2D eigenvalue weighted by Crippen LogP contribution is -2.63. The zero-order chi connectivity index (χ0) is 14.2. The Morgan fingerprint density at radius 1 is 1.33 bits per heavy atom. The van der Waals surface area contributed by atoms with Crippen LogP contribution in [0.2, 0.25) is 0 Å². The fourth-order valence-corrected chi connectivity index (χ4v) is 5.86. The van der Waals surface area contributed by atoms with E-state index in [9.17, 15) is 0 Å². The van der Waals surface area contributed by atoms with Gasteiger partial charge >= 0.3 is 0 Å². The number of nitrogens with zero attached hydrogens (tertiary/aromatic N) is 1. The van der Waals surface area contributed by atoms with Gasteiger partial charge in [-0.1, -0.05) is 6.07 Å². The number of rotatable bonds is 1. The van der Waals surface area contributed by atoms with Crippen molar-refractivity contribution in [3.8, 4) is 11.5 Å². The lowest BCUT2D eigenvalue weighted by atomic mass is 9.52. The highest BCUT2D eigenvalue weighted by Crippen LogP contribution is 2.63. The fourth-order valence-electron chi connectivity index (χ4n) is 5.86. The van der Waals surface area contributed by atoms with Gasteiger partial charge in [-0.2, -0.15) is 0 Å². The van der Waals surface area contributed by atoms with Gasteiger partial charge in [0.2, 0.25) is 0 Å². The molecule has 2 aliphatic heterocycles. The van der Waals surface area contributed by atoms with Gasteiger partial charge in [-0.05, 0) is 63.2 Å². The summed E-state index contributed by atoms with van der Waals surface area (Å²) in [5, 5.41) is 0. The molecule has 3 heteroatoms. The minimum Gasteiger partial charge on any atom is -0.493 e. The van der Waals surface area contributed by atoms with E-state index in [-0.39, 0.29) is 5.41 Å². The zero-order valence-corrected chi connectivity index (χ0v) is 12.9. The Labute approximate surface area is 126 Å². The summed E-state index contributed by atoms with van der Waals surface area (Å²) >= 11 is 0. The van der Waals surface area contributed by atoms with Gasteiger partial charge in [0.1, 0.15) is 6.10 Å². The van der Waals surface area contributed by atoms with Gasteiger partial charge in [0.05, 0.1) is 7.11 Å². The molecule has 21 heavy (non-hydrogen) atoms. The van der Waals surface area contributed by atoms with Gasteiger partial charge in [0.15, 0.2) is 11.5 Å². The van der Waals surface area contributed by atoms with Crippen molar-refractivity contribution < 1.29 is 9.47 Å². The SMILES string of the molecule is COc1ccc2c3c1OC1CCCC4C(C2)N(C)CC[C@@]314. The van der Waals surface area contributed by atoms with E-state index in [1.54, 1.807) is 7.11 Å². The fraction of sp³-hybridized carbons (Fsp3) is 0.667. The highest BCUT2D eigenvalue weighted by Gasteiger charge is 2.62. The quantitative estimate of drug-likeness (QED) is 0.792. The largest absolute Gasteiger partial charge is 0.493 e. The van der Waals surface area contributed by atoms with Crippen molar-refractivity contribution in [3.63, 3.8) is 0 Å². The van der Waals surface area contributed by atoms with Crippen molar-refractivity contribution in [1.29, 1.82) is 0 Å². The molecule has 1 aromatic carbocycles. The third kappa shape index (κ3) is 1.30. The van der Waals surface area contributed by atoms with Crippen molar-refractivity contribution in [2.24, 2.45) is 5.92 Å². The topological polar surface area (TPSA) is 21.7 Å². The molecule has 3 nitrogen and oxygen atoms in total. The first-order chi connectivity index (χ1) is 10.3. The smallest absolute Gasteiger partial charge is 0.165 e. The molecule has 0 aromatic heterocycles. The first-order valence-corrected chi connectivity index (χ1v) is 8.33. The van der Waals surface area contributed by atoms with Gasteiger partial charge in [-0.3, -0.25) is 0 Å². The van der Waals surface area contributed by atoms with Crippen molar-refractivity contribution in [3.05, 3.63) is 23.3 Å². The molecule has 1 spiro atoms. The Bertz CT molecular complexity index is 613. The Morgan fingerprint density at radius 2 is 2.24 bits per heavy atom. The Hall–Kier alpha value is -1.22. The average molecular weight is 285 g/mol. The van der Waals surface area contributed by atoms with E-state index >= 15 is 0 Å². The Kier molecular flexibility index (Phi) is 2.32. The van der Waals surface area contributed by atoms with Gasteiger partial charge in [0.25, 0.3) is 0 Å². The molecular formula is C18H23NO2. The maximum atomic E-state index is 6.49. The Balaban J connectivity index is 1.79. The standard InChI is InChI=1S/C18H23NO2/c1-19-9-8-18-12-4-3-5-15(18)21-17-14(20-2)7-6-11(16(17)18)10-13(12)19/h6-7,12-13,15H,3-5,8-10H2,1-2H3/t12?,13?,15?,18-/m0/s1. The maximum Gasteiger partial charge on any atom is 0.165 e. The third-order valence-corrected chi connectivity index (χ3v) is 6.71. The maximum absolute atomic E-state index is 6.49. The highest BCUT2D eigenvalue weighted by atomic mass is 16.5. The normalized spacial score (nSPS) is 39.6. The van der Waals surface area contributed by atoms with E-state index in [1.807, 2.05) is 0 Å². The van der Waals surface area contributed by atoms with Crippen LogP contribution in [0.1, 0.15) is 36.8 Å². The summed E-state index contributed by atoms with van der Waals surface area (Å²) in [6, 6.07) is 5.11. The zero-order valence-electron chi connectivity index (χ0n) is 12.9. The Morgan fingerprint density at radius 3 is 3.10 bits per heavy atom. The molecule has 2 heterocycles. The molecule has 2 aliphatic carbocycles. The predicted octanol–water partition coefficient (Wildman–Crippen LogP) is 2.75. The predicted molar refractivity (Wildman–Crippen MR) is 81.2 cm³/mol. The second-order valence-electron chi connectivity index (χ2n) is 7.32. The van der Waals surface area contributed by atoms with Crippen molar-refractivity contribution in [2.45, 2.75) is 49.7 Å². The molecule has 5 rings (SSSR count). The van der Waals surface area contributed by atoms with Crippen LogP contribution >= 0.6 is 0 Å². The molecular weight excluding hydrogens is 262 g/mol. The molecule has 2 fully saturated rings. The van der Waals surface area contributed by atoms with Crippen LogP contribution in [0, 0.1) is 5.92 Å². The number of methoxy groups -OCH3 is 1. The molecule has 0 amide bonds. The summed E-state index contributed by atoms with van der Waals surface area (Å²) in [4.78, 5) is 2.60. The number of hydrogen-bond acceptors (Lipinski definition) is 3. The average Bonchev–Trinajstić information content (AvgIpc) is 2.84. The van der Waals surface area contributed by atoms with Gasteiger partial charge in [-0.25, -0.2) is 0 Å². The molecule has 0 radical (unpaired) electrons. The van der Waals surface area contributed by atoms with Crippen molar-refractivity contribution in [2.75, 3.05) is 20.7 Å². The van der Waals surface area contributed by atoms with E-state index in [1.165, 1.54) is 49.8 Å². The number of benzene rings is 1. The van der Waals surface area contributed by atoms with Crippen LogP contribution in [-0.4, -0.2) is 37.7 Å². The molecule has 112 valence electrons. The number of piperidine rings is 1. The summed E-state index contributed by atoms with van der Waals surface area (Å²) in [6.45, 7) is 1.21. The van der Waals surface area contributed by atoms with Crippen LogP contribution in [-0.2, 0) is 11.8 Å². The van der Waals surface area contributed by atoms with Crippen LogP contribution in [0.5, 0.6) is 11.5 Å². The van der Waals surface area contributed by atoms with E-state index in [2.05, 4.69) is 24.1 Å². The lowest BCUT2D eigenvalue weighted by molar-refractivity contribution is -0.0426. The number of likely N-dealkylation sites (tertiary alicyclic amines) is 1. The van der Waals surface area contributed by atoms with E-state index < -0.39 is 0 Å². The van der Waals surface area contributed by atoms with Crippen LogP contribution in [0.15, 0.2) is 12.1 Å². The minimum atomic E-state index is 0.285. The molecule has 2 bridgehead atoms. The second-order valence-corrected chi connectivity index (χ2v) is 7.32. The van der Waals surface area contributed by atoms with Crippen LogP contribution < -0.4 is 9.47 Å². The molecule has 4 atom stereocenters. The first-order valence-electron chi connectivity index (χ1n) is 8.33. The van der Waals surface area contributed by atoms with Crippen molar-refractivity contribution >= 4 is 0 Å². The lowest BCUT2D eigenvalue weighted by Gasteiger charge is -2.57. The van der Waals surface area contributed by atoms with Crippen LogP contribution in [0.4, 0.5) is 0 Å². The molecule has 0 N–H and O–H groups in total. The monoisotopic (exact) mass is 285 g/mol. The molecule has 3 unspecified atom stereocenters. The van der Waals surface area contributed by atoms with E-state index in [0.29, 0.717) is 12.1 Å². The van der Waals surface area contributed by atoms with Gasteiger partial charge < -0.3 is 14.4 Å². The molecule has 1 saturated carbocycles. The number of likely N-dealkylation sites (N-methyl/N-ethyl adjacent to an activating group) is 1. The number of ether oxygens (including phenoxy) is 2. The van der Waals surface area contributed by atoms with Gasteiger partial charge in [-0.15, -0.1) is 0 Å². The first kappa shape index (κ1) is 12.3.